The Hall–Kier alpha value is -2.36. The van der Waals surface area contributed by atoms with Gasteiger partial charge >= 0.3 is 0 Å². The molecule has 3 rings (SSSR count). The summed E-state index contributed by atoms with van der Waals surface area (Å²) in [5.74, 6) is 2.14. The van der Waals surface area contributed by atoms with E-state index in [1.54, 1.807) is 7.11 Å². The first kappa shape index (κ1) is 17.5. The number of aryl methyl sites for hydroxylation is 1. The van der Waals surface area contributed by atoms with E-state index in [4.69, 9.17) is 9.47 Å². The maximum Gasteiger partial charge on any atom is 0.136 e. The summed E-state index contributed by atoms with van der Waals surface area (Å²) in [5, 5.41) is 12.9. The third kappa shape index (κ3) is 4.01. The zero-order chi connectivity index (χ0) is 17.6. The molecule has 0 spiro atoms. The van der Waals surface area contributed by atoms with E-state index >= 15 is 0 Å². The predicted octanol–water partition coefficient (Wildman–Crippen LogP) is 2.56. The van der Waals surface area contributed by atoms with Gasteiger partial charge in [-0.25, -0.2) is 4.98 Å². The SMILES string of the molecule is COc1ccc(CN[C@H](c2nccn2C)C2CCOCC2)cc1C#N. The molecule has 132 valence electrons. The number of nitrogens with zero attached hydrogens (tertiary/aromatic N) is 3. The molecule has 0 aliphatic carbocycles. The number of nitriles is 1. The van der Waals surface area contributed by atoms with Gasteiger partial charge < -0.3 is 19.4 Å². The monoisotopic (exact) mass is 340 g/mol. The second-order valence-electron chi connectivity index (χ2n) is 6.35. The van der Waals surface area contributed by atoms with Crippen molar-refractivity contribution in [3.05, 3.63) is 47.5 Å². The summed E-state index contributed by atoms with van der Waals surface area (Å²) in [6.07, 6.45) is 5.86. The van der Waals surface area contributed by atoms with Crippen LogP contribution in [0.25, 0.3) is 0 Å². The minimum absolute atomic E-state index is 0.163. The Bertz CT molecular complexity index is 744. The molecule has 1 saturated heterocycles. The largest absolute Gasteiger partial charge is 0.495 e. The highest BCUT2D eigenvalue weighted by Crippen LogP contribution is 2.29. The van der Waals surface area contributed by atoms with E-state index in [9.17, 15) is 5.26 Å². The van der Waals surface area contributed by atoms with Gasteiger partial charge in [-0.2, -0.15) is 5.26 Å². The number of hydrogen-bond acceptors (Lipinski definition) is 5. The van der Waals surface area contributed by atoms with Crippen LogP contribution in [0.2, 0.25) is 0 Å². The molecule has 2 heterocycles. The maximum absolute atomic E-state index is 9.26. The maximum atomic E-state index is 9.26. The van der Waals surface area contributed by atoms with Gasteiger partial charge in [0.15, 0.2) is 0 Å². The van der Waals surface area contributed by atoms with Crippen molar-refractivity contribution in [3.63, 3.8) is 0 Å². The summed E-state index contributed by atoms with van der Waals surface area (Å²) in [6.45, 7) is 2.27. The van der Waals surface area contributed by atoms with Crippen molar-refractivity contribution in [2.45, 2.75) is 25.4 Å². The Morgan fingerprint density at radius 2 is 2.24 bits per heavy atom. The molecular formula is C19H24N4O2. The van der Waals surface area contributed by atoms with Crippen molar-refractivity contribution >= 4 is 0 Å². The first-order chi connectivity index (χ1) is 12.2. The number of ether oxygens (including phenoxy) is 2. The lowest BCUT2D eigenvalue weighted by atomic mass is 9.91. The normalized spacial score (nSPS) is 16.4. The van der Waals surface area contributed by atoms with E-state index in [-0.39, 0.29) is 6.04 Å². The van der Waals surface area contributed by atoms with Crippen LogP contribution >= 0.6 is 0 Å². The number of aromatic nitrogens is 2. The summed E-state index contributed by atoms with van der Waals surface area (Å²) in [5.41, 5.74) is 1.62. The van der Waals surface area contributed by atoms with Crippen molar-refractivity contribution in [3.8, 4) is 11.8 Å². The highest BCUT2D eigenvalue weighted by Gasteiger charge is 2.27. The van der Waals surface area contributed by atoms with E-state index in [0.29, 0.717) is 23.8 Å². The van der Waals surface area contributed by atoms with E-state index < -0.39 is 0 Å². The molecule has 6 heteroatoms. The van der Waals surface area contributed by atoms with Crippen molar-refractivity contribution in [1.82, 2.24) is 14.9 Å². The molecule has 1 fully saturated rings. The molecule has 1 aliphatic heterocycles. The number of benzene rings is 1. The van der Waals surface area contributed by atoms with Crippen LogP contribution in [0.5, 0.6) is 5.75 Å². The van der Waals surface area contributed by atoms with Gasteiger partial charge in [0, 0.05) is 39.2 Å². The fourth-order valence-corrected chi connectivity index (χ4v) is 3.38. The Morgan fingerprint density at radius 1 is 1.44 bits per heavy atom. The Kier molecular flexibility index (Phi) is 5.69. The highest BCUT2D eigenvalue weighted by atomic mass is 16.5. The van der Waals surface area contributed by atoms with Gasteiger partial charge in [0.1, 0.15) is 17.6 Å². The van der Waals surface area contributed by atoms with E-state index in [1.165, 1.54) is 0 Å². The first-order valence-corrected chi connectivity index (χ1v) is 8.58. The molecule has 2 aromatic rings. The molecule has 0 bridgehead atoms. The zero-order valence-corrected chi connectivity index (χ0v) is 14.7. The van der Waals surface area contributed by atoms with Crippen LogP contribution < -0.4 is 10.1 Å². The predicted molar refractivity (Wildman–Crippen MR) is 94.0 cm³/mol. The lowest BCUT2D eigenvalue weighted by Gasteiger charge is -2.30. The molecule has 1 N–H and O–H groups in total. The summed E-state index contributed by atoms with van der Waals surface area (Å²) in [6, 6.07) is 8.07. The zero-order valence-electron chi connectivity index (χ0n) is 14.7. The third-order valence-corrected chi connectivity index (χ3v) is 4.78. The topological polar surface area (TPSA) is 72.1 Å². The molecule has 0 saturated carbocycles. The van der Waals surface area contributed by atoms with Crippen LogP contribution in [0, 0.1) is 17.2 Å². The van der Waals surface area contributed by atoms with E-state index in [2.05, 4.69) is 20.9 Å². The van der Waals surface area contributed by atoms with Gasteiger partial charge in [0.2, 0.25) is 0 Å². The van der Waals surface area contributed by atoms with Crippen LogP contribution in [0.3, 0.4) is 0 Å². The van der Waals surface area contributed by atoms with Gasteiger partial charge in [-0.3, -0.25) is 0 Å². The van der Waals surface area contributed by atoms with Gasteiger partial charge in [-0.05, 0) is 36.5 Å². The fraction of sp³-hybridized carbons (Fsp3) is 0.474. The summed E-state index contributed by atoms with van der Waals surface area (Å²) in [7, 11) is 3.61. The minimum atomic E-state index is 0.163. The number of rotatable bonds is 6. The second kappa shape index (κ2) is 8.15. The smallest absolute Gasteiger partial charge is 0.136 e. The molecule has 0 unspecified atom stereocenters. The van der Waals surface area contributed by atoms with Crippen molar-refractivity contribution in [2.24, 2.45) is 13.0 Å². The Labute approximate surface area is 148 Å². The van der Waals surface area contributed by atoms with Crippen LogP contribution in [-0.2, 0) is 18.3 Å². The average molecular weight is 340 g/mol. The minimum Gasteiger partial charge on any atom is -0.495 e. The van der Waals surface area contributed by atoms with Crippen molar-refractivity contribution < 1.29 is 9.47 Å². The number of nitrogens with one attached hydrogen (secondary N) is 1. The van der Waals surface area contributed by atoms with E-state index in [0.717, 1.165) is 37.4 Å². The molecule has 1 aromatic carbocycles. The van der Waals surface area contributed by atoms with Gasteiger partial charge in [-0.1, -0.05) is 6.07 Å². The van der Waals surface area contributed by atoms with Crippen LogP contribution in [-0.4, -0.2) is 29.9 Å². The molecular weight excluding hydrogens is 316 g/mol. The van der Waals surface area contributed by atoms with Crippen molar-refractivity contribution in [2.75, 3.05) is 20.3 Å². The Morgan fingerprint density at radius 3 is 2.88 bits per heavy atom. The summed E-state index contributed by atoms with van der Waals surface area (Å²) in [4.78, 5) is 4.55. The number of hydrogen-bond donors (Lipinski definition) is 1. The number of methoxy groups -OCH3 is 1. The molecule has 6 nitrogen and oxygen atoms in total. The van der Waals surface area contributed by atoms with Crippen LogP contribution in [0.4, 0.5) is 0 Å². The highest BCUT2D eigenvalue weighted by molar-refractivity contribution is 5.45. The summed E-state index contributed by atoms with van der Waals surface area (Å²) < 4.78 is 12.8. The van der Waals surface area contributed by atoms with Gasteiger partial charge in [0.05, 0.1) is 18.7 Å². The number of imidazole rings is 1. The quantitative estimate of drug-likeness (QED) is 0.875. The standard InChI is InChI=1S/C19H24N4O2/c1-23-8-7-21-19(23)18(15-5-9-25-10-6-15)22-13-14-3-4-17(24-2)16(11-14)12-20/h3-4,7-8,11,15,18,22H,5-6,9-10,13H2,1-2H3/t18-/m0/s1. The van der Waals surface area contributed by atoms with Crippen LogP contribution in [0.1, 0.15) is 35.8 Å². The van der Waals surface area contributed by atoms with E-state index in [1.807, 2.05) is 37.6 Å². The molecule has 0 amide bonds. The average Bonchev–Trinajstić information content (AvgIpc) is 3.08. The molecule has 1 aromatic heterocycles. The molecule has 1 aliphatic rings. The summed E-state index contributed by atoms with van der Waals surface area (Å²) >= 11 is 0. The lowest BCUT2D eigenvalue weighted by molar-refractivity contribution is 0.0518. The van der Waals surface area contributed by atoms with Crippen molar-refractivity contribution in [1.29, 1.82) is 5.26 Å². The van der Waals surface area contributed by atoms with Crippen LogP contribution in [0.15, 0.2) is 30.6 Å². The lowest BCUT2D eigenvalue weighted by Crippen LogP contribution is -2.33. The molecule has 25 heavy (non-hydrogen) atoms. The molecule has 1 atom stereocenters. The van der Waals surface area contributed by atoms with Gasteiger partial charge in [-0.15, -0.1) is 0 Å². The first-order valence-electron chi connectivity index (χ1n) is 8.58. The molecule has 0 radical (unpaired) electrons. The Balaban J connectivity index is 1.77. The third-order valence-electron chi connectivity index (χ3n) is 4.78. The fourth-order valence-electron chi connectivity index (χ4n) is 3.38. The van der Waals surface area contributed by atoms with Gasteiger partial charge in [0.25, 0.3) is 0 Å². The second-order valence-corrected chi connectivity index (χ2v) is 6.35.